The summed E-state index contributed by atoms with van der Waals surface area (Å²) in [6, 6.07) is 5.12. The second-order valence-electron chi connectivity index (χ2n) is 4.48. The van der Waals surface area contributed by atoms with Gasteiger partial charge in [-0.15, -0.1) is 0 Å². The predicted octanol–water partition coefficient (Wildman–Crippen LogP) is 1.24. The van der Waals surface area contributed by atoms with Crippen LogP contribution in [0.15, 0.2) is 24.3 Å². The molecule has 0 aliphatic heterocycles. The quantitative estimate of drug-likeness (QED) is 0.789. The summed E-state index contributed by atoms with van der Waals surface area (Å²) in [4.78, 5) is 24.2. The fourth-order valence-corrected chi connectivity index (χ4v) is 1.72. The maximum absolute atomic E-state index is 12.7. The molecule has 0 aliphatic rings. The standard InChI is InChI=1S/C14H19FN2O3/c1-3-17(10(2)14(19)20)9-13(18)16-8-11-4-6-12(15)7-5-11/h4-7,10H,3,8-9H2,1-2H3,(H,16,18)(H,19,20). The number of rotatable bonds is 7. The molecule has 20 heavy (non-hydrogen) atoms. The Bertz CT molecular complexity index is 462. The molecule has 0 bridgehead atoms. The lowest BCUT2D eigenvalue weighted by atomic mass is 10.2. The Morgan fingerprint density at radius 3 is 2.45 bits per heavy atom. The van der Waals surface area contributed by atoms with Crippen LogP contribution in [0.2, 0.25) is 0 Å². The van der Waals surface area contributed by atoms with Crippen molar-refractivity contribution in [3.8, 4) is 0 Å². The second-order valence-corrected chi connectivity index (χ2v) is 4.48. The highest BCUT2D eigenvalue weighted by molar-refractivity contribution is 5.79. The normalized spacial score (nSPS) is 12.2. The molecule has 1 unspecified atom stereocenters. The second kappa shape index (κ2) is 7.59. The van der Waals surface area contributed by atoms with Crippen molar-refractivity contribution in [3.05, 3.63) is 35.6 Å². The molecule has 1 rings (SSSR count). The summed E-state index contributed by atoms with van der Waals surface area (Å²) in [5, 5.41) is 11.6. The number of nitrogens with one attached hydrogen (secondary N) is 1. The van der Waals surface area contributed by atoms with Crippen LogP contribution in [0.5, 0.6) is 0 Å². The van der Waals surface area contributed by atoms with Crippen LogP contribution in [-0.4, -0.2) is 41.0 Å². The van der Waals surface area contributed by atoms with Gasteiger partial charge in [0.25, 0.3) is 0 Å². The Labute approximate surface area is 117 Å². The smallest absolute Gasteiger partial charge is 0.320 e. The van der Waals surface area contributed by atoms with Crippen LogP contribution in [0.1, 0.15) is 19.4 Å². The summed E-state index contributed by atoms with van der Waals surface area (Å²) in [6.45, 7) is 4.12. The number of carbonyl (C=O) groups excluding carboxylic acids is 1. The number of hydrogen-bond acceptors (Lipinski definition) is 3. The summed E-state index contributed by atoms with van der Waals surface area (Å²) < 4.78 is 12.7. The van der Waals surface area contributed by atoms with Gasteiger partial charge in [-0.05, 0) is 31.2 Å². The van der Waals surface area contributed by atoms with E-state index in [-0.39, 0.29) is 24.8 Å². The Morgan fingerprint density at radius 2 is 1.95 bits per heavy atom. The molecule has 0 spiro atoms. The zero-order valence-corrected chi connectivity index (χ0v) is 11.6. The van der Waals surface area contributed by atoms with Gasteiger partial charge in [-0.3, -0.25) is 14.5 Å². The molecule has 0 fully saturated rings. The molecule has 1 amide bonds. The molecule has 1 atom stereocenters. The SMILES string of the molecule is CCN(CC(=O)NCc1ccc(F)cc1)C(C)C(=O)O. The summed E-state index contributed by atoms with van der Waals surface area (Å²) >= 11 is 0. The van der Waals surface area contributed by atoms with Crippen molar-refractivity contribution in [3.63, 3.8) is 0 Å². The lowest BCUT2D eigenvalue weighted by Gasteiger charge is -2.23. The van der Waals surface area contributed by atoms with Crippen LogP contribution in [0.4, 0.5) is 4.39 Å². The zero-order valence-electron chi connectivity index (χ0n) is 11.6. The Kier molecular flexibility index (Phi) is 6.11. The molecule has 6 heteroatoms. The van der Waals surface area contributed by atoms with E-state index < -0.39 is 12.0 Å². The summed E-state index contributed by atoms with van der Waals surface area (Å²) in [6.07, 6.45) is 0. The number of carboxylic acid groups (broad SMARTS) is 1. The van der Waals surface area contributed by atoms with E-state index in [0.29, 0.717) is 6.54 Å². The number of carbonyl (C=O) groups is 2. The van der Waals surface area contributed by atoms with Crippen LogP contribution in [0.25, 0.3) is 0 Å². The topological polar surface area (TPSA) is 69.6 Å². The summed E-state index contributed by atoms with van der Waals surface area (Å²) in [7, 11) is 0. The first-order valence-corrected chi connectivity index (χ1v) is 6.42. The van der Waals surface area contributed by atoms with Gasteiger partial charge in [-0.2, -0.15) is 0 Å². The first kappa shape index (κ1) is 16.1. The number of aliphatic carboxylic acids is 1. The molecule has 0 heterocycles. The van der Waals surface area contributed by atoms with Crippen molar-refractivity contribution < 1.29 is 19.1 Å². The monoisotopic (exact) mass is 282 g/mol. The maximum Gasteiger partial charge on any atom is 0.320 e. The number of nitrogens with zero attached hydrogens (tertiary/aromatic N) is 1. The molecule has 0 aliphatic carbocycles. The van der Waals surface area contributed by atoms with E-state index in [9.17, 15) is 14.0 Å². The zero-order chi connectivity index (χ0) is 15.1. The molecule has 0 saturated heterocycles. The van der Waals surface area contributed by atoms with E-state index in [1.165, 1.54) is 12.1 Å². The van der Waals surface area contributed by atoms with Crippen LogP contribution >= 0.6 is 0 Å². The number of carboxylic acids is 1. The van der Waals surface area contributed by atoms with Gasteiger partial charge in [-0.25, -0.2) is 4.39 Å². The average Bonchev–Trinajstić information content (AvgIpc) is 2.43. The fourth-order valence-electron chi connectivity index (χ4n) is 1.72. The van der Waals surface area contributed by atoms with E-state index >= 15 is 0 Å². The molecular weight excluding hydrogens is 263 g/mol. The molecule has 1 aromatic carbocycles. The van der Waals surface area contributed by atoms with Crippen molar-refractivity contribution in [2.75, 3.05) is 13.1 Å². The van der Waals surface area contributed by atoms with Crippen molar-refractivity contribution in [1.82, 2.24) is 10.2 Å². The molecular formula is C14H19FN2O3. The third-order valence-corrected chi connectivity index (χ3v) is 3.06. The van der Waals surface area contributed by atoms with Gasteiger partial charge in [-0.1, -0.05) is 19.1 Å². The van der Waals surface area contributed by atoms with Crippen molar-refractivity contribution in [1.29, 1.82) is 0 Å². The minimum atomic E-state index is -0.960. The van der Waals surface area contributed by atoms with E-state index in [2.05, 4.69) is 5.32 Å². The van der Waals surface area contributed by atoms with Gasteiger partial charge < -0.3 is 10.4 Å². The highest BCUT2D eigenvalue weighted by atomic mass is 19.1. The highest BCUT2D eigenvalue weighted by Gasteiger charge is 2.21. The van der Waals surface area contributed by atoms with E-state index in [1.54, 1.807) is 30.9 Å². The lowest BCUT2D eigenvalue weighted by molar-refractivity contribution is -0.143. The number of halogens is 1. The first-order chi connectivity index (χ1) is 9.43. The van der Waals surface area contributed by atoms with E-state index in [0.717, 1.165) is 5.56 Å². The van der Waals surface area contributed by atoms with Crippen LogP contribution in [0, 0.1) is 5.82 Å². The van der Waals surface area contributed by atoms with Gasteiger partial charge in [0.15, 0.2) is 0 Å². The molecule has 2 N–H and O–H groups in total. The molecule has 1 aromatic rings. The average molecular weight is 282 g/mol. The van der Waals surface area contributed by atoms with Gasteiger partial charge in [0.2, 0.25) is 5.91 Å². The number of benzene rings is 1. The minimum Gasteiger partial charge on any atom is -0.480 e. The summed E-state index contributed by atoms with van der Waals surface area (Å²) in [5.74, 6) is -1.55. The largest absolute Gasteiger partial charge is 0.480 e. The summed E-state index contributed by atoms with van der Waals surface area (Å²) in [5.41, 5.74) is 0.786. The highest BCUT2D eigenvalue weighted by Crippen LogP contribution is 2.02. The Hall–Kier alpha value is -1.95. The fraction of sp³-hybridized carbons (Fsp3) is 0.429. The van der Waals surface area contributed by atoms with E-state index in [4.69, 9.17) is 5.11 Å². The minimum absolute atomic E-state index is 0.0190. The number of likely N-dealkylation sites (N-methyl/N-ethyl adjacent to an activating group) is 1. The molecule has 0 radical (unpaired) electrons. The van der Waals surface area contributed by atoms with Gasteiger partial charge in [0, 0.05) is 6.54 Å². The molecule has 0 aromatic heterocycles. The number of amides is 1. The number of hydrogen-bond donors (Lipinski definition) is 2. The van der Waals surface area contributed by atoms with E-state index in [1.807, 2.05) is 0 Å². The predicted molar refractivity (Wildman–Crippen MR) is 72.6 cm³/mol. The van der Waals surface area contributed by atoms with Crippen molar-refractivity contribution in [2.24, 2.45) is 0 Å². The van der Waals surface area contributed by atoms with Gasteiger partial charge in [0.05, 0.1) is 6.54 Å². The first-order valence-electron chi connectivity index (χ1n) is 6.42. The Morgan fingerprint density at radius 1 is 1.35 bits per heavy atom. The molecule has 0 saturated carbocycles. The third kappa shape index (κ3) is 4.97. The van der Waals surface area contributed by atoms with Crippen molar-refractivity contribution >= 4 is 11.9 Å². The van der Waals surface area contributed by atoms with Crippen LogP contribution in [0.3, 0.4) is 0 Å². The van der Waals surface area contributed by atoms with Crippen molar-refractivity contribution in [2.45, 2.75) is 26.4 Å². The maximum atomic E-state index is 12.7. The van der Waals surface area contributed by atoms with Crippen LogP contribution in [-0.2, 0) is 16.1 Å². The Balaban J connectivity index is 2.46. The third-order valence-electron chi connectivity index (χ3n) is 3.06. The molecule has 5 nitrogen and oxygen atoms in total. The molecule has 110 valence electrons. The van der Waals surface area contributed by atoms with Gasteiger partial charge in [0.1, 0.15) is 11.9 Å². The van der Waals surface area contributed by atoms with Gasteiger partial charge >= 0.3 is 5.97 Å². The lowest BCUT2D eigenvalue weighted by Crippen LogP contribution is -2.44. The van der Waals surface area contributed by atoms with Crippen LogP contribution < -0.4 is 5.32 Å².